The average molecular weight is 420 g/mol. The highest BCUT2D eigenvalue weighted by molar-refractivity contribution is 5.78. The van der Waals surface area contributed by atoms with E-state index < -0.39 is 0 Å². The summed E-state index contributed by atoms with van der Waals surface area (Å²) >= 11 is 0. The fourth-order valence-corrected chi connectivity index (χ4v) is 3.71. The van der Waals surface area contributed by atoms with Crippen molar-refractivity contribution in [2.45, 2.75) is 25.7 Å². The molecule has 2 aromatic carbocycles. The van der Waals surface area contributed by atoms with Crippen LogP contribution in [0.3, 0.4) is 0 Å². The van der Waals surface area contributed by atoms with Gasteiger partial charge in [0.05, 0.1) is 5.69 Å². The molecule has 0 spiro atoms. The Balaban J connectivity index is 1.38. The van der Waals surface area contributed by atoms with Crippen LogP contribution in [-0.4, -0.2) is 40.5 Å². The molecule has 1 aliphatic rings. The number of nitrogens with zero attached hydrogens (tertiary/aromatic N) is 3. The first-order chi connectivity index (χ1) is 15.1. The number of aryl methyl sites for hydroxylation is 1. The van der Waals surface area contributed by atoms with E-state index in [9.17, 15) is 9.18 Å². The van der Waals surface area contributed by atoms with Crippen LogP contribution in [0.2, 0.25) is 0 Å². The Kier molecular flexibility index (Phi) is 6.40. The van der Waals surface area contributed by atoms with Gasteiger partial charge in [0.15, 0.2) is 6.61 Å². The van der Waals surface area contributed by atoms with E-state index in [0.29, 0.717) is 24.8 Å². The van der Waals surface area contributed by atoms with Crippen molar-refractivity contribution in [1.82, 2.24) is 14.9 Å². The lowest BCUT2D eigenvalue weighted by Gasteiger charge is -2.32. The van der Waals surface area contributed by atoms with E-state index in [1.165, 1.54) is 24.3 Å². The molecule has 7 heteroatoms. The first-order valence-electron chi connectivity index (χ1n) is 10.4. The highest BCUT2D eigenvalue weighted by atomic mass is 19.1. The zero-order valence-corrected chi connectivity index (χ0v) is 17.4. The van der Waals surface area contributed by atoms with Crippen molar-refractivity contribution in [2.75, 3.05) is 25.0 Å². The van der Waals surface area contributed by atoms with Crippen LogP contribution in [0.5, 0.6) is 5.75 Å². The summed E-state index contributed by atoms with van der Waals surface area (Å²) in [4.78, 5) is 23.5. The summed E-state index contributed by atoms with van der Waals surface area (Å²) in [7, 11) is 0. The Morgan fingerprint density at radius 1 is 1.19 bits per heavy atom. The fourth-order valence-electron chi connectivity index (χ4n) is 3.71. The summed E-state index contributed by atoms with van der Waals surface area (Å²) in [6.45, 7) is 3.25. The van der Waals surface area contributed by atoms with Gasteiger partial charge in [-0.25, -0.2) is 14.4 Å². The van der Waals surface area contributed by atoms with Crippen LogP contribution in [0.15, 0.2) is 60.8 Å². The molecular formula is C24H25FN4O2. The maximum absolute atomic E-state index is 13.0. The third kappa shape index (κ3) is 5.36. The molecule has 1 saturated heterocycles. The number of hydrogen-bond donors (Lipinski definition) is 1. The summed E-state index contributed by atoms with van der Waals surface area (Å²) in [6.07, 6.45) is 3.61. The second-order valence-corrected chi connectivity index (χ2v) is 7.67. The van der Waals surface area contributed by atoms with Crippen LogP contribution >= 0.6 is 0 Å². The fraction of sp³-hybridized carbons (Fsp3) is 0.292. The minimum absolute atomic E-state index is 0.0672. The number of anilines is 2. The van der Waals surface area contributed by atoms with Crippen LogP contribution in [0, 0.1) is 12.7 Å². The quantitative estimate of drug-likeness (QED) is 0.638. The lowest BCUT2D eigenvalue weighted by atomic mass is 9.94. The SMILES string of the molecule is Cc1ccccc1Nc1nccc(C2CCCN(C(=O)COc3ccc(F)cc3)C2)n1. The molecule has 31 heavy (non-hydrogen) atoms. The molecule has 0 aliphatic carbocycles. The highest BCUT2D eigenvalue weighted by Gasteiger charge is 2.26. The van der Waals surface area contributed by atoms with E-state index in [2.05, 4.69) is 10.3 Å². The Labute approximate surface area is 181 Å². The number of para-hydroxylation sites is 1. The third-order valence-corrected chi connectivity index (χ3v) is 5.44. The largest absolute Gasteiger partial charge is 0.484 e. The number of piperidine rings is 1. The predicted molar refractivity (Wildman–Crippen MR) is 117 cm³/mol. The van der Waals surface area contributed by atoms with Gasteiger partial charge in [-0.15, -0.1) is 0 Å². The van der Waals surface area contributed by atoms with E-state index in [1.807, 2.05) is 42.2 Å². The molecule has 0 saturated carbocycles. The van der Waals surface area contributed by atoms with Crippen LogP contribution in [0.25, 0.3) is 0 Å². The van der Waals surface area contributed by atoms with Crippen LogP contribution in [0.4, 0.5) is 16.0 Å². The van der Waals surface area contributed by atoms with E-state index >= 15 is 0 Å². The van der Waals surface area contributed by atoms with Crippen molar-refractivity contribution < 1.29 is 13.9 Å². The zero-order valence-electron chi connectivity index (χ0n) is 17.4. The van der Waals surface area contributed by atoms with E-state index in [-0.39, 0.29) is 24.2 Å². The van der Waals surface area contributed by atoms with Gasteiger partial charge in [-0.2, -0.15) is 0 Å². The van der Waals surface area contributed by atoms with Gasteiger partial charge < -0.3 is 15.0 Å². The number of hydrogen-bond acceptors (Lipinski definition) is 5. The molecule has 2 heterocycles. The maximum Gasteiger partial charge on any atom is 0.260 e. The topological polar surface area (TPSA) is 67.4 Å². The van der Waals surface area contributed by atoms with Crippen LogP contribution < -0.4 is 10.1 Å². The smallest absolute Gasteiger partial charge is 0.260 e. The molecule has 1 fully saturated rings. The summed E-state index contributed by atoms with van der Waals surface area (Å²) in [6, 6.07) is 15.6. The molecular weight excluding hydrogens is 395 g/mol. The Hall–Kier alpha value is -3.48. The lowest BCUT2D eigenvalue weighted by molar-refractivity contribution is -0.134. The predicted octanol–water partition coefficient (Wildman–Crippen LogP) is 4.45. The second kappa shape index (κ2) is 9.55. The minimum atomic E-state index is -0.335. The number of benzene rings is 2. The zero-order chi connectivity index (χ0) is 21.6. The minimum Gasteiger partial charge on any atom is -0.484 e. The molecule has 1 unspecified atom stereocenters. The molecule has 3 aromatic rings. The number of halogens is 1. The Morgan fingerprint density at radius 2 is 2.00 bits per heavy atom. The number of aromatic nitrogens is 2. The van der Waals surface area contributed by atoms with Crippen LogP contribution in [0.1, 0.15) is 30.0 Å². The van der Waals surface area contributed by atoms with E-state index in [0.717, 1.165) is 29.8 Å². The average Bonchev–Trinajstić information content (AvgIpc) is 2.80. The van der Waals surface area contributed by atoms with Gasteiger partial charge in [0.25, 0.3) is 5.91 Å². The van der Waals surface area contributed by atoms with Gasteiger partial charge in [-0.3, -0.25) is 4.79 Å². The first kappa shape index (κ1) is 20.8. The standard InChI is InChI=1S/C24H25FN4O2/c1-17-5-2-3-7-21(17)27-24-26-13-12-22(28-24)18-6-4-14-29(15-18)23(30)16-31-20-10-8-19(25)9-11-20/h2-3,5,7-13,18H,4,6,14-16H2,1H3,(H,26,27,28). The molecule has 4 rings (SSSR count). The van der Waals surface area contributed by atoms with Crippen molar-refractivity contribution in [3.8, 4) is 5.75 Å². The normalized spacial score (nSPS) is 16.1. The first-order valence-corrected chi connectivity index (χ1v) is 10.4. The molecule has 1 aromatic heterocycles. The Morgan fingerprint density at radius 3 is 2.81 bits per heavy atom. The monoisotopic (exact) mass is 420 g/mol. The van der Waals surface area contributed by atoms with Gasteiger partial charge in [-0.05, 0) is 61.7 Å². The molecule has 1 N–H and O–H groups in total. The van der Waals surface area contributed by atoms with Crippen molar-refractivity contribution in [1.29, 1.82) is 0 Å². The second-order valence-electron chi connectivity index (χ2n) is 7.67. The van der Waals surface area contributed by atoms with Crippen molar-refractivity contribution in [3.63, 3.8) is 0 Å². The van der Waals surface area contributed by atoms with Crippen LogP contribution in [-0.2, 0) is 4.79 Å². The van der Waals surface area contributed by atoms with Gasteiger partial charge >= 0.3 is 0 Å². The summed E-state index contributed by atoms with van der Waals surface area (Å²) < 4.78 is 18.5. The summed E-state index contributed by atoms with van der Waals surface area (Å²) in [5.74, 6) is 0.755. The van der Waals surface area contributed by atoms with Crippen molar-refractivity contribution in [2.24, 2.45) is 0 Å². The number of ether oxygens (including phenoxy) is 1. The van der Waals surface area contributed by atoms with E-state index in [1.54, 1.807) is 6.20 Å². The Bertz CT molecular complexity index is 1040. The number of likely N-dealkylation sites (tertiary alicyclic amines) is 1. The van der Waals surface area contributed by atoms with Gasteiger partial charge in [0.2, 0.25) is 5.95 Å². The van der Waals surface area contributed by atoms with Gasteiger partial charge in [-0.1, -0.05) is 18.2 Å². The highest BCUT2D eigenvalue weighted by Crippen LogP contribution is 2.27. The maximum atomic E-state index is 13.0. The van der Waals surface area contributed by atoms with Gasteiger partial charge in [0, 0.05) is 30.9 Å². The number of carbonyl (C=O) groups is 1. The summed E-state index contributed by atoms with van der Waals surface area (Å²) in [5.41, 5.74) is 3.01. The van der Waals surface area contributed by atoms with Gasteiger partial charge in [0.1, 0.15) is 11.6 Å². The number of rotatable bonds is 6. The van der Waals surface area contributed by atoms with Crippen molar-refractivity contribution >= 4 is 17.5 Å². The van der Waals surface area contributed by atoms with E-state index in [4.69, 9.17) is 9.72 Å². The van der Waals surface area contributed by atoms with Crippen molar-refractivity contribution in [3.05, 3.63) is 77.9 Å². The molecule has 1 atom stereocenters. The number of amides is 1. The summed E-state index contributed by atoms with van der Waals surface area (Å²) in [5, 5.41) is 3.28. The third-order valence-electron chi connectivity index (χ3n) is 5.44. The molecule has 1 aliphatic heterocycles. The molecule has 0 radical (unpaired) electrons. The molecule has 0 bridgehead atoms. The molecule has 160 valence electrons. The number of nitrogens with one attached hydrogen (secondary N) is 1. The molecule has 1 amide bonds. The number of carbonyl (C=O) groups excluding carboxylic acids is 1. The molecule has 6 nitrogen and oxygen atoms in total. The lowest BCUT2D eigenvalue weighted by Crippen LogP contribution is -2.41.